The number of hydrogen-bond donors (Lipinski definition) is 3. The molecule has 47 heavy (non-hydrogen) atoms. The van der Waals surface area contributed by atoms with Gasteiger partial charge in [0.25, 0.3) is 11.8 Å². The van der Waals surface area contributed by atoms with Crippen molar-refractivity contribution >= 4 is 28.9 Å². The van der Waals surface area contributed by atoms with E-state index >= 15 is 0 Å². The summed E-state index contributed by atoms with van der Waals surface area (Å²) in [6.45, 7) is 8.48. The summed E-state index contributed by atoms with van der Waals surface area (Å²) in [7, 11) is 3.15. The SMILES string of the molecule is COc1nc(C(F)(F)F)c(C(=O)Nc2cc(-n3cc(C(=O)NCCCN4CCOCC4)nn3)ccc2N2CCN(C)[C@@H](C)C2)cc1N. The van der Waals surface area contributed by atoms with Gasteiger partial charge >= 0.3 is 6.18 Å². The molecule has 4 N–H and O–H groups in total. The number of aromatic nitrogens is 4. The van der Waals surface area contributed by atoms with Crippen LogP contribution in [-0.2, 0) is 10.9 Å². The molecule has 0 spiro atoms. The number of pyridine rings is 1. The molecule has 0 unspecified atom stereocenters. The summed E-state index contributed by atoms with van der Waals surface area (Å²) in [5, 5.41) is 13.6. The first-order chi connectivity index (χ1) is 22.4. The average molecular weight is 661 g/mol. The normalized spacial score (nSPS) is 17.8. The highest BCUT2D eigenvalue weighted by molar-refractivity contribution is 6.07. The molecule has 0 bridgehead atoms. The van der Waals surface area contributed by atoms with Gasteiger partial charge in [0.05, 0.1) is 54.8 Å². The zero-order chi connectivity index (χ0) is 33.7. The lowest BCUT2D eigenvalue weighted by Crippen LogP contribution is -2.50. The predicted molar refractivity (Wildman–Crippen MR) is 168 cm³/mol. The maximum absolute atomic E-state index is 14.0. The summed E-state index contributed by atoms with van der Waals surface area (Å²) in [4.78, 5) is 36.2. The molecule has 5 rings (SSSR count). The van der Waals surface area contributed by atoms with E-state index in [9.17, 15) is 22.8 Å². The van der Waals surface area contributed by atoms with Gasteiger partial charge in [0.2, 0.25) is 5.88 Å². The maximum atomic E-state index is 14.0. The highest BCUT2D eigenvalue weighted by atomic mass is 19.4. The summed E-state index contributed by atoms with van der Waals surface area (Å²) < 4.78 is 53.5. The van der Waals surface area contributed by atoms with Crippen molar-refractivity contribution in [1.82, 2.24) is 35.1 Å². The molecule has 0 radical (unpaired) electrons. The Hall–Kier alpha value is -4.48. The Bertz CT molecular complexity index is 1580. The van der Waals surface area contributed by atoms with Crippen LogP contribution in [-0.4, -0.2) is 121 Å². The number of amides is 2. The number of carbonyl (C=O) groups excluding carboxylic acids is 2. The van der Waals surface area contributed by atoms with Crippen LogP contribution < -0.4 is 26.0 Å². The van der Waals surface area contributed by atoms with Crippen molar-refractivity contribution in [2.75, 3.05) is 89.1 Å². The van der Waals surface area contributed by atoms with E-state index < -0.39 is 29.2 Å². The first-order valence-electron chi connectivity index (χ1n) is 15.3. The number of morpholine rings is 1. The Balaban J connectivity index is 1.38. The van der Waals surface area contributed by atoms with E-state index in [0.29, 0.717) is 44.2 Å². The molecule has 3 aromatic rings. The van der Waals surface area contributed by atoms with Crippen LogP contribution in [0.4, 0.5) is 30.2 Å². The van der Waals surface area contributed by atoms with Gasteiger partial charge in [-0.15, -0.1) is 5.10 Å². The summed E-state index contributed by atoms with van der Waals surface area (Å²) >= 11 is 0. The molecule has 0 aliphatic carbocycles. The van der Waals surface area contributed by atoms with Crippen LogP contribution in [0.3, 0.4) is 0 Å². The molecule has 2 amide bonds. The minimum atomic E-state index is -4.95. The van der Waals surface area contributed by atoms with E-state index in [-0.39, 0.29) is 29.0 Å². The highest BCUT2D eigenvalue weighted by Crippen LogP contribution is 2.36. The number of nitrogens with two attached hydrogens (primary N) is 1. The Morgan fingerprint density at radius 1 is 1.13 bits per heavy atom. The van der Waals surface area contributed by atoms with Crippen LogP contribution >= 0.6 is 0 Å². The fourth-order valence-corrected chi connectivity index (χ4v) is 5.48. The predicted octanol–water partition coefficient (Wildman–Crippen LogP) is 2.12. The number of hydrogen-bond acceptors (Lipinski definition) is 11. The summed E-state index contributed by atoms with van der Waals surface area (Å²) in [5.74, 6) is -1.89. The molecule has 4 heterocycles. The summed E-state index contributed by atoms with van der Waals surface area (Å²) in [6.07, 6.45) is -2.74. The molecule has 1 atom stereocenters. The smallest absolute Gasteiger partial charge is 0.434 e. The molecule has 2 saturated heterocycles. The van der Waals surface area contributed by atoms with E-state index in [0.717, 1.165) is 45.8 Å². The van der Waals surface area contributed by atoms with Crippen molar-refractivity contribution in [1.29, 1.82) is 0 Å². The molecule has 1 aromatic carbocycles. The third-order valence-electron chi connectivity index (χ3n) is 8.28. The molecule has 2 aliphatic rings. The van der Waals surface area contributed by atoms with Crippen molar-refractivity contribution in [3.8, 4) is 11.6 Å². The number of likely N-dealkylation sites (N-methyl/N-ethyl adjacent to an activating group) is 1. The topological polar surface area (TPSA) is 156 Å². The van der Waals surface area contributed by atoms with Crippen molar-refractivity contribution in [3.05, 3.63) is 47.4 Å². The number of anilines is 3. The van der Waals surface area contributed by atoms with Gasteiger partial charge in [-0.25, -0.2) is 9.67 Å². The summed E-state index contributed by atoms with van der Waals surface area (Å²) in [5.41, 5.74) is 4.79. The Morgan fingerprint density at radius 2 is 1.89 bits per heavy atom. The molecular weight excluding hydrogens is 621 g/mol. The number of methoxy groups -OCH3 is 1. The summed E-state index contributed by atoms with van der Waals surface area (Å²) in [6, 6.07) is 6.14. The second kappa shape index (κ2) is 14.5. The molecule has 0 saturated carbocycles. The average Bonchev–Trinajstić information content (AvgIpc) is 3.55. The zero-order valence-electron chi connectivity index (χ0n) is 26.5. The van der Waals surface area contributed by atoms with Gasteiger partial charge in [-0.05, 0) is 51.2 Å². The quantitative estimate of drug-likeness (QED) is 0.274. The Kier molecular flexibility index (Phi) is 10.5. The molecule has 2 fully saturated rings. The second-order valence-electron chi connectivity index (χ2n) is 11.5. The first-order valence-corrected chi connectivity index (χ1v) is 15.3. The van der Waals surface area contributed by atoms with Crippen LogP contribution in [0.15, 0.2) is 30.5 Å². The van der Waals surface area contributed by atoms with Crippen LogP contribution in [0.25, 0.3) is 5.69 Å². The van der Waals surface area contributed by atoms with E-state index in [2.05, 4.69) is 42.7 Å². The molecule has 2 aromatic heterocycles. The number of nitrogen functional groups attached to an aromatic ring is 1. The van der Waals surface area contributed by atoms with Crippen LogP contribution in [0, 0.1) is 0 Å². The van der Waals surface area contributed by atoms with Crippen LogP contribution in [0.5, 0.6) is 5.88 Å². The monoisotopic (exact) mass is 660 g/mol. The third-order valence-corrected chi connectivity index (χ3v) is 8.28. The van der Waals surface area contributed by atoms with Crippen LogP contribution in [0.1, 0.15) is 39.9 Å². The lowest BCUT2D eigenvalue weighted by Gasteiger charge is -2.39. The Morgan fingerprint density at radius 3 is 2.60 bits per heavy atom. The van der Waals surface area contributed by atoms with Crippen LogP contribution in [0.2, 0.25) is 0 Å². The van der Waals surface area contributed by atoms with Gasteiger partial charge < -0.3 is 35.6 Å². The molecule has 14 nitrogen and oxygen atoms in total. The second-order valence-corrected chi connectivity index (χ2v) is 11.5. The number of nitrogens with one attached hydrogen (secondary N) is 2. The molecule has 254 valence electrons. The van der Waals surface area contributed by atoms with E-state index in [1.54, 1.807) is 18.2 Å². The molecule has 17 heteroatoms. The van der Waals surface area contributed by atoms with Gasteiger partial charge in [-0.1, -0.05) is 5.21 Å². The highest BCUT2D eigenvalue weighted by Gasteiger charge is 2.39. The number of nitrogens with zero attached hydrogens (tertiary/aromatic N) is 7. The first kappa shape index (κ1) is 33.9. The standard InChI is InChI=1S/C30H39F3N10O4/c1-19-17-42(10-9-40(19)2)25-6-5-20(43-18-24(38-39-43)28(45)35-7-4-8-41-11-13-47-14-12-41)15-23(25)36-27(44)21-16-22(34)29(46-3)37-26(21)30(31,32)33/h5-6,15-16,18-19H,4,7-14,17,34H2,1-3H3,(H,35,45)(H,36,44)/t19-/m0/s1. The fraction of sp³-hybridized carbons (Fsp3) is 0.500. The van der Waals surface area contributed by atoms with E-state index in [1.165, 1.54) is 10.9 Å². The minimum absolute atomic E-state index is 0.0912. The lowest BCUT2D eigenvalue weighted by atomic mass is 10.1. The number of ether oxygens (including phenoxy) is 2. The number of piperazine rings is 1. The van der Waals surface area contributed by atoms with Gasteiger partial charge in [0.1, 0.15) is 0 Å². The fourth-order valence-electron chi connectivity index (χ4n) is 5.48. The van der Waals surface area contributed by atoms with Gasteiger partial charge in [0, 0.05) is 45.3 Å². The zero-order valence-corrected chi connectivity index (χ0v) is 26.5. The van der Waals surface area contributed by atoms with Gasteiger partial charge in [0.15, 0.2) is 11.4 Å². The number of rotatable bonds is 10. The molecule has 2 aliphatic heterocycles. The Labute approximate surface area is 270 Å². The van der Waals surface area contributed by atoms with E-state index in [4.69, 9.17) is 15.2 Å². The largest absolute Gasteiger partial charge is 0.480 e. The number of benzene rings is 1. The van der Waals surface area contributed by atoms with Gasteiger partial charge in [-0.2, -0.15) is 13.2 Å². The third kappa shape index (κ3) is 8.09. The van der Waals surface area contributed by atoms with Crippen molar-refractivity contribution in [3.63, 3.8) is 0 Å². The number of carbonyl (C=O) groups is 2. The van der Waals surface area contributed by atoms with Crippen molar-refractivity contribution in [2.24, 2.45) is 0 Å². The maximum Gasteiger partial charge on any atom is 0.434 e. The van der Waals surface area contributed by atoms with Crippen molar-refractivity contribution < 1.29 is 32.2 Å². The van der Waals surface area contributed by atoms with Gasteiger partial charge in [-0.3, -0.25) is 14.5 Å². The lowest BCUT2D eigenvalue weighted by molar-refractivity contribution is -0.141. The minimum Gasteiger partial charge on any atom is -0.480 e. The van der Waals surface area contributed by atoms with E-state index in [1.807, 2.05) is 11.9 Å². The van der Waals surface area contributed by atoms with Crippen molar-refractivity contribution in [2.45, 2.75) is 25.6 Å². The number of alkyl halides is 3. The number of halogens is 3. The molecular formula is C30H39F3N10O4.